The second-order valence-corrected chi connectivity index (χ2v) is 10.2. The van der Waals surface area contributed by atoms with Gasteiger partial charge >= 0.3 is 13.2 Å². The molecule has 39 heavy (non-hydrogen) atoms. The van der Waals surface area contributed by atoms with Crippen LogP contribution in [0.15, 0.2) is 36.5 Å². The van der Waals surface area contributed by atoms with Crippen LogP contribution in [0.1, 0.15) is 36.8 Å². The number of nitro benzene ring substituents is 1. The van der Waals surface area contributed by atoms with Crippen molar-refractivity contribution in [3.05, 3.63) is 57.8 Å². The van der Waals surface area contributed by atoms with Crippen molar-refractivity contribution in [2.45, 2.75) is 51.3 Å². The first-order valence-electron chi connectivity index (χ1n) is 13.0. The summed E-state index contributed by atoms with van der Waals surface area (Å²) in [5, 5.41) is 26.7. The Labute approximate surface area is 224 Å². The van der Waals surface area contributed by atoms with Gasteiger partial charge in [0.05, 0.1) is 10.5 Å². The second kappa shape index (κ2) is 12.2. The summed E-state index contributed by atoms with van der Waals surface area (Å²) in [7, 11) is -0.696. The molecule has 10 nitrogen and oxygen atoms in total. The van der Waals surface area contributed by atoms with Crippen LogP contribution in [0.3, 0.4) is 0 Å². The monoisotopic (exact) mass is 548 g/mol. The minimum atomic E-state index is -4.66. The van der Waals surface area contributed by atoms with Gasteiger partial charge in [-0.15, -0.1) is 0 Å². The number of halogens is 3. The molecule has 2 aromatic rings. The molecule has 2 aliphatic heterocycles. The van der Waals surface area contributed by atoms with Gasteiger partial charge in [-0.3, -0.25) is 19.8 Å². The van der Waals surface area contributed by atoms with E-state index in [1.54, 1.807) is 13.0 Å². The zero-order valence-electron chi connectivity index (χ0n) is 21.7. The fourth-order valence-corrected chi connectivity index (χ4v) is 5.17. The Morgan fingerprint density at radius 3 is 2.46 bits per heavy atom. The SMILES string of the molecule is CB(O)Nc1cc(CN2CCC(C(=O)N3CCC(Nc4ccc(C(F)(F)F)cc4[N+](=O)[O-])CC3)CC2)ccn1. The van der Waals surface area contributed by atoms with E-state index in [0.717, 1.165) is 50.2 Å². The van der Waals surface area contributed by atoms with Gasteiger partial charge in [-0.25, -0.2) is 4.98 Å². The van der Waals surface area contributed by atoms with Crippen LogP contribution in [0.2, 0.25) is 6.82 Å². The molecule has 3 N–H and O–H groups in total. The minimum Gasteiger partial charge on any atom is -0.433 e. The fraction of sp³-hybridized carbons (Fsp3) is 0.520. The molecule has 0 radical (unpaired) electrons. The average molecular weight is 548 g/mol. The van der Waals surface area contributed by atoms with Crippen molar-refractivity contribution in [2.75, 3.05) is 36.7 Å². The second-order valence-electron chi connectivity index (χ2n) is 10.2. The van der Waals surface area contributed by atoms with Gasteiger partial charge in [0.15, 0.2) is 0 Å². The van der Waals surface area contributed by atoms with Crippen molar-refractivity contribution in [2.24, 2.45) is 5.92 Å². The fourth-order valence-electron chi connectivity index (χ4n) is 5.17. The third-order valence-corrected chi connectivity index (χ3v) is 7.21. The molecule has 1 amide bonds. The lowest BCUT2D eigenvalue weighted by Crippen LogP contribution is -2.47. The average Bonchev–Trinajstić information content (AvgIpc) is 2.88. The predicted octanol–water partition coefficient (Wildman–Crippen LogP) is 3.85. The normalized spacial score (nSPS) is 17.6. The molecule has 210 valence electrons. The number of nitrogens with one attached hydrogen (secondary N) is 2. The summed E-state index contributed by atoms with van der Waals surface area (Å²) in [6, 6.07) is 6.14. The number of pyridine rings is 1. The maximum absolute atomic E-state index is 13.2. The molecule has 1 aromatic heterocycles. The van der Waals surface area contributed by atoms with Gasteiger partial charge in [0, 0.05) is 43.9 Å². The van der Waals surface area contributed by atoms with Gasteiger partial charge in [-0.2, -0.15) is 13.2 Å². The first kappa shape index (κ1) is 28.6. The molecule has 1 aromatic carbocycles. The topological polar surface area (TPSA) is 124 Å². The van der Waals surface area contributed by atoms with E-state index in [2.05, 4.69) is 20.4 Å². The van der Waals surface area contributed by atoms with Gasteiger partial charge in [-0.05, 0) is 75.4 Å². The summed E-state index contributed by atoms with van der Waals surface area (Å²) in [5.41, 5.74) is -0.559. The van der Waals surface area contributed by atoms with Crippen LogP contribution >= 0.6 is 0 Å². The van der Waals surface area contributed by atoms with E-state index in [4.69, 9.17) is 0 Å². The Morgan fingerprint density at radius 1 is 1.15 bits per heavy atom. The molecule has 4 rings (SSSR count). The Balaban J connectivity index is 1.25. The van der Waals surface area contributed by atoms with Gasteiger partial charge < -0.3 is 20.5 Å². The number of hydrogen-bond donors (Lipinski definition) is 3. The lowest BCUT2D eigenvalue weighted by Gasteiger charge is -2.37. The number of likely N-dealkylation sites (tertiary alicyclic amines) is 2. The zero-order chi connectivity index (χ0) is 28.2. The Bertz CT molecular complexity index is 1170. The quantitative estimate of drug-likeness (QED) is 0.258. The van der Waals surface area contributed by atoms with E-state index in [-0.39, 0.29) is 23.6 Å². The van der Waals surface area contributed by atoms with Crippen molar-refractivity contribution >= 4 is 30.2 Å². The summed E-state index contributed by atoms with van der Waals surface area (Å²) in [4.78, 5) is 32.0. The lowest BCUT2D eigenvalue weighted by molar-refractivity contribution is -0.384. The Kier molecular flexibility index (Phi) is 8.95. The summed E-state index contributed by atoms with van der Waals surface area (Å²) >= 11 is 0. The number of alkyl halides is 3. The van der Waals surface area contributed by atoms with Crippen molar-refractivity contribution < 1.29 is 27.9 Å². The molecule has 2 fully saturated rings. The molecule has 3 heterocycles. The number of benzene rings is 1. The van der Waals surface area contributed by atoms with Gasteiger partial charge in [0.25, 0.3) is 5.69 Å². The highest BCUT2D eigenvalue weighted by Gasteiger charge is 2.34. The molecule has 0 bridgehead atoms. The maximum atomic E-state index is 13.2. The number of nitro groups is 1. The molecule has 14 heteroatoms. The number of carbonyl (C=O) groups excluding carboxylic acids is 1. The number of piperidine rings is 2. The molecular formula is C25H32BF3N6O4. The van der Waals surface area contributed by atoms with Crippen LogP contribution in [-0.2, 0) is 17.5 Å². The molecule has 0 atom stereocenters. The Hall–Kier alpha value is -3.39. The molecule has 0 saturated carbocycles. The zero-order valence-corrected chi connectivity index (χ0v) is 21.7. The number of amides is 1. The van der Waals surface area contributed by atoms with E-state index in [9.17, 15) is 33.1 Å². The van der Waals surface area contributed by atoms with Crippen molar-refractivity contribution in [3.8, 4) is 0 Å². The minimum absolute atomic E-state index is 0.0492. The summed E-state index contributed by atoms with van der Waals surface area (Å²) in [6.07, 6.45) is -0.368. The van der Waals surface area contributed by atoms with Gasteiger partial charge in [-0.1, -0.05) is 0 Å². The third kappa shape index (κ3) is 7.60. The van der Waals surface area contributed by atoms with Crippen LogP contribution in [0.5, 0.6) is 0 Å². The first-order chi connectivity index (χ1) is 18.5. The summed E-state index contributed by atoms with van der Waals surface area (Å²) in [6.45, 7) is 4.90. The van der Waals surface area contributed by atoms with Crippen LogP contribution in [0.4, 0.5) is 30.4 Å². The van der Waals surface area contributed by atoms with E-state index >= 15 is 0 Å². The number of rotatable bonds is 8. The number of hydrogen-bond acceptors (Lipinski definition) is 8. The lowest BCUT2D eigenvalue weighted by atomic mass is 9.89. The highest BCUT2D eigenvalue weighted by atomic mass is 19.4. The smallest absolute Gasteiger partial charge is 0.416 e. The number of carbonyl (C=O) groups is 1. The molecular weight excluding hydrogens is 516 g/mol. The van der Waals surface area contributed by atoms with Crippen LogP contribution in [-0.4, -0.2) is 69.9 Å². The molecule has 2 aliphatic rings. The molecule has 0 spiro atoms. The van der Waals surface area contributed by atoms with Crippen molar-refractivity contribution in [1.82, 2.24) is 14.8 Å². The standard InChI is InChI=1S/C25H32BF3N6O4/c1-26(37)32-23-14-17(4-9-30-23)16-33-10-5-18(6-11-33)24(36)34-12-7-20(8-13-34)31-21-3-2-19(25(27,28)29)15-22(21)35(38)39/h2-4,9,14-15,18,20,31,37H,5-8,10-13,16H2,1H3,(H,30,32). The van der Waals surface area contributed by atoms with E-state index < -0.39 is 29.4 Å². The van der Waals surface area contributed by atoms with Crippen molar-refractivity contribution in [3.63, 3.8) is 0 Å². The summed E-state index contributed by atoms with van der Waals surface area (Å²) < 4.78 is 38.9. The van der Waals surface area contributed by atoms with Crippen molar-refractivity contribution in [1.29, 1.82) is 0 Å². The van der Waals surface area contributed by atoms with E-state index in [0.29, 0.717) is 37.8 Å². The number of anilines is 2. The largest absolute Gasteiger partial charge is 0.433 e. The van der Waals surface area contributed by atoms with Gasteiger partial charge in [0.2, 0.25) is 5.91 Å². The highest BCUT2D eigenvalue weighted by molar-refractivity contribution is 6.52. The number of nitrogens with zero attached hydrogens (tertiary/aromatic N) is 4. The van der Waals surface area contributed by atoms with E-state index in [1.165, 1.54) is 0 Å². The highest BCUT2D eigenvalue weighted by Crippen LogP contribution is 2.36. The number of aromatic nitrogens is 1. The predicted molar refractivity (Wildman–Crippen MR) is 141 cm³/mol. The first-order valence-corrected chi connectivity index (χ1v) is 13.0. The molecule has 2 saturated heterocycles. The van der Waals surface area contributed by atoms with Crippen LogP contribution in [0, 0.1) is 16.0 Å². The van der Waals surface area contributed by atoms with Gasteiger partial charge in [0.1, 0.15) is 11.5 Å². The van der Waals surface area contributed by atoms with Crippen LogP contribution in [0.25, 0.3) is 0 Å². The third-order valence-electron chi connectivity index (χ3n) is 7.21. The summed E-state index contributed by atoms with van der Waals surface area (Å²) in [5.74, 6) is 0.658. The van der Waals surface area contributed by atoms with Crippen LogP contribution < -0.4 is 10.5 Å². The molecule has 0 aliphatic carbocycles. The molecule has 0 unspecified atom stereocenters. The Morgan fingerprint density at radius 2 is 1.85 bits per heavy atom. The maximum Gasteiger partial charge on any atom is 0.416 e. The van der Waals surface area contributed by atoms with E-state index in [1.807, 2.05) is 17.0 Å².